The summed E-state index contributed by atoms with van der Waals surface area (Å²) in [5.74, 6) is 0.502. The van der Waals surface area contributed by atoms with Crippen molar-refractivity contribution in [1.82, 2.24) is 5.43 Å². The molecule has 9 heteroatoms. The first-order chi connectivity index (χ1) is 14.5. The SMILES string of the molecule is CCOc1ccc2ccccc2c1/C=N\NC(=O)COc1ccc([N+](=O)[O-])cc1Br. The van der Waals surface area contributed by atoms with Crippen molar-refractivity contribution in [2.24, 2.45) is 5.10 Å². The number of halogens is 1. The smallest absolute Gasteiger partial charge is 0.277 e. The number of hydrogen-bond acceptors (Lipinski definition) is 6. The van der Waals surface area contributed by atoms with Gasteiger partial charge in [-0.25, -0.2) is 5.43 Å². The lowest BCUT2D eigenvalue weighted by Crippen LogP contribution is -2.24. The van der Waals surface area contributed by atoms with E-state index < -0.39 is 10.8 Å². The summed E-state index contributed by atoms with van der Waals surface area (Å²) in [7, 11) is 0. The number of fused-ring (bicyclic) bond motifs is 1. The van der Waals surface area contributed by atoms with Crippen LogP contribution in [0.2, 0.25) is 0 Å². The molecule has 8 nitrogen and oxygen atoms in total. The number of benzene rings is 3. The van der Waals surface area contributed by atoms with E-state index in [1.54, 1.807) is 0 Å². The summed E-state index contributed by atoms with van der Waals surface area (Å²) in [6.07, 6.45) is 1.53. The molecule has 3 aromatic carbocycles. The molecule has 154 valence electrons. The minimum atomic E-state index is -0.514. The molecule has 0 aliphatic heterocycles. The summed E-state index contributed by atoms with van der Waals surface area (Å²) in [6.45, 7) is 2.09. The Morgan fingerprint density at radius 2 is 1.93 bits per heavy atom. The lowest BCUT2D eigenvalue weighted by atomic mass is 10.0. The second-order valence-electron chi connectivity index (χ2n) is 6.09. The van der Waals surface area contributed by atoms with Gasteiger partial charge in [-0.15, -0.1) is 0 Å². The summed E-state index contributed by atoms with van der Waals surface area (Å²) < 4.78 is 11.4. The maximum Gasteiger partial charge on any atom is 0.277 e. The number of nitro groups is 1. The minimum absolute atomic E-state index is 0.0801. The molecule has 3 aromatic rings. The molecule has 0 bridgehead atoms. The zero-order valence-corrected chi connectivity index (χ0v) is 17.6. The van der Waals surface area contributed by atoms with Gasteiger partial charge >= 0.3 is 0 Å². The van der Waals surface area contributed by atoms with Gasteiger partial charge in [-0.3, -0.25) is 14.9 Å². The van der Waals surface area contributed by atoms with Gasteiger partial charge in [-0.1, -0.05) is 30.3 Å². The highest BCUT2D eigenvalue weighted by Gasteiger charge is 2.11. The number of hydrazone groups is 1. The number of carbonyl (C=O) groups excluding carboxylic acids is 1. The molecule has 0 fully saturated rings. The predicted molar refractivity (Wildman–Crippen MR) is 117 cm³/mol. The van der Waals surface area contributed by atoms with E-state index in [2.05, 4.69) is 26.5 Å². The van der Waals surface area contributed by atoms with Crippen LogP contribution in [-0.4, -0.2) is 30.3 Å². The van der Waals surface area contributed by atoms with E-state index in [1.165, 1.54) is 24.4 Å². The standard InChI is InChI=1S/C21H18BrN3O5/c1-2-29-19-9-7-14-5-3-4-6-16(14)17(19)12-23-24-21(26)13-30-20-10-8-15(25(27)28)11-18(20)22/h3-12H,2,13H2,1H3,(H,24,26)/b23-12-. The van der Waals surface area contributed by atoms with Crippen LogP contribution in [0.5, 0.6) is 11.5 Å². The molecular weight excluding hydrogens is 454 g/mol. The van der Waals surface area contributed by atoms with Crippen molar-refractivity contribution in [2.45, 2.75) is 6.92 Å². The molecule has 0 aliphatic carbocycles. The highest BCUT2D eigenvalue weighted by atomic mass is 79.9. The lowest BCUT2D eigenvalue weighted by Gasteiger charge is -2.10. The molecular formula is C21H18BrN3O5. The summed E-state index contributed by atoms with van der Waals surface area (Å²) in [5, 5.41) is 16.8. The number of rotatable bonds is 8. The van der Waals surface area contributed by atoms with E-state index in [0.717, 1.165) is 16.3 Å². The van der Waals surface area contributed by atoms with Crippen molar-refractivity contribution >= 4 is 44.5 Å². The number of non-ortho nitro benzene ring substituents is 1. The molecule has 0 unspecified atom stereocenters. The number of ether oxygens (including phenoxy) is 2. The molecule has 1 N–H and O–H groups in total. The molecule has 0 saturated carbocycles. The van der Waals surface area contributed by atoms with Crippen LogP contribution in [-0.2, 0) is 4.79 Å². The molecule has 0 saturated heterocycles. The number of amides is 1. The third-order valence-corrected chi connectivity index (χ3v) is 4.72. The van der Waals surface area contributed by atoms with E-state index in [0.29, 0.717) is 22.6 Å². The summed E-state index contributed by atoms with van der Waals surface area (Å²) >= 11 is 3.19. The maximum atomic E-state index is 12.1. The van der Waals surface area contributed by atoms with Gasteiger partial charge in [-0.05, 0) is 45.8 Å². The van der Waals surface area contributed by atoms with Gasteiger partial charge in [0.2, 0.25) is 0 Å². The normalized spacial score (nSPS) is 10.9. The van der Waals surface area contributed by atoms with Crippen molar-refractivity contribution < 1.29 is 19.2 Å². The largest absolute Gasteiger partial charge is 0.493 e. The van der Waals surface area contributed by atoms with Gasteiger partial charge in [-0.2, -0.15) is 5.10 Å². The fraction of sp³-hybridized carbons (Fsp3) is 0.143. The zero-order valence-electron chi connectivity index (χ0n) is 16.0. The van der Waals surface area contributed by atoms with Crippen LogP contribution in [0.3, 0.4) is 0 Å². The third kappa shape index (κ3) is 5.12. The van der Waals surface area contributed by atoms with Gasteiger partial charge in [0.25, 0.3) is 11.6 Å². The van der Waals surface area contributed by atoms with E-state index in [1.807, 2.05) is 43.3 Å². The second-order valence-corrected chi connectivity index (χ2v) is 6.94. The van der Waals surface area contributed by atoms with Crippen LogP contribution in [0.15, 0.2) is 64.2 Å². The van der Waals surface area contributed by atoms with E-state index >= 15 is 0 Å². The van der Waals surface area contributed by atoms with Crippen molar-refractivity contribution in [3.8, 4) is 11.5 Å². The molecule has 3 rings (SSSR count). The Labute approximate surface area is 180 Å². The summed E-state index contributed by atoms with van der Waals surface area (Å²) in [6, 6.07) is 15.7. The molecule has 0 aromatic heterocycles. The monoisotopic (exact) mass is 471 g/mol. The topological polar surface area (TPSA) is 103 Å². The first-order valence-corrected chi connectivity index (χ1v) is 9.82. The highest BCUT2D eigenvalue weighted by Crippen LogP contribution is 2.29. The fourth-order valence-electron chi connectivity index (χ4n) is 2.75. The Morgan fingerprint density at radius 1 is 1.17 bits per heavy atom. The molecule has 0 atom stereocenters. The summed E-state index contributed by atoms with van der Waals surface area (Å²) in [5.41, 5.74) is 3.09. The van der Waals surface area contributed by atoms with Gasteiger partial charge < -0.3 is 9.47 Å². The van der Waals surface area contributed by atoms with Gasteiger partial charge in [0.05, 0.1) is 22.2 Å². The Bertz CT molecular complexity index is 1120. The van der Waals surface area contributed by atoms with Crippen LogP contribution in [0, 0.1) is 10.1 Å². The summed E-state index contributed by atoms with van der Waals surface area (Å²) in [4.78, 5) is 22.3. The van der Waals surface area contributed by atoms with Crippen LogP contribution < -0.4 is 14.9 Å². The van der Waals surface area contributed by atoms with Crippen molar-refractivity contribution in [1.29, 1.82) is 0 Å². The molecule has 1 amide bonds. The van der Waals surface area contributed by atoms with Gasteiger partial charge in [0.15, 0.2) is 6.61 Å². The Kier molecular flexibility index (Phi) is 6.97. The van der Waals surface area contributed by atoms with Crippen LogP contribution in [0.4, 0.5) is 5.69 Å². The average Bonchev–Trinajstić information content (AvgIpc) is 2.74. The van der Waals surface area contributed by atoms with E-state index in [4.69, 9.17) is 9.47 Å². The zero-order chi connectivity index (χ0) is 21.5. The molecule has 0 spiro atoms. The quantitative estimate of drug-likeness (QED) is 0.297. The van der Waals surface area contributed by atoms with Gasteiger partial charge in [0.1, 0.15) is 11.5 Å². The Hall–Kier alpha value is -3.46. The Balaban J connectivity index is 1.66. The van der Waals surface area contributed by atoms with Crippen molar-refractivity contribution in [3.63, 3.8) is 0 Å². The second kappa shape index (κ2) is 9.84. The number of hydrogen-bond donors (Lipinski definition) is 1. The van der Waals surface area contributed by atoms with E-state index in [9.17, 15) is 14.9 Å². The maximum absolute atomic E-state index is 12.1. The number of nitrogens with one attached hydrogen (secondary N) is 1. The lowest BCUT2D eigenvalue weighted by molar-refractivity contribution is -0.384. The number of nitro benzene ring substituents is 1. The fourth-order valence-corrected chi connectivity index (χ4v) is 3.24. The van der Waals surface area contributed by atoms with Crippen molar-refractivity contribution in [2.75, 3.05) is 13.2 Å². The first kappa shape index (κ1) is 21.3. The van der Waals surface area contributed by atoms with Crippen molar-refractivity contribution in [3.05, 3.63) is 74.7 Å². The van der Waals surface area contributed by atoms with Crippen LogP contribution in [0.1, 0.15) is 12.5 Å². The average molecular weight is 472 g/mol. The number of nitrogens with zero attached hydrogens (tertiary/aromatic N) is 2. The third-order valence-electron chi connectivity index (χ3n) is 4.10. The van der Waals surface area contributed by atoms with E-state index in [-0.39, 0.29) is 12.3 Å². The van der Waals surface area contributed by atoms with Gasteiger partial charge in [0, 0.05) is 17.7 Å². The Morgan fingerprint density at radius 3 is 2.67 bits per heavy atom. The molecule has 0 radical (unpaired) electrons. The molecule has 0 aliphatic rings. The predicted octanol–water partition coefficient (Wildman–Crippen LogP) is 4.44. The molecule has 0 heterocycles. The first-order valence-electron chi connectivity index (χ1n) is 9.02. The molecule has 30 heavy (non-hydrogen) atoms. The number of carbonyl (C=O) groups is 1. The van der Waals surface area contributed by atoms with Crippen LogP contribution in [0.25, 0.3) is 10.8 Å². The van der Waals surface area contributed by atoms with Crippen LogP contribution >= 0.6 is 15.9 Å². The highest BCUT2D eigenvalue weighted by molar-refractivity contribution is 9.10. The minimum Gasteiger partial charge on any atom is -0.493 e.